The van der Waals surface area contributed by atoms with E-state index in [-0.39, 0.29) is 43.8 Å². The molecule has 7 aromatic rings. The Hall–Kier alpha value is -4.96. The van der Waals surface area contributed by atoms with E-state index < -0.39 is 40.4 Å². The fourth-order valence-electron chi connectivity index (χ4n) is 5.74. The standard InChI is InChI=1S/C36H21F7N4O.Pt/c1-20-9-10-44-33(13-20)47-31-6-4-3-5-27(31)28-8-7-25(17-32(28)47)48-26-15-23(37)14-24(16-26)46-19-22(18-45-46)34-29(35(38,39)40)11-21(2)12-30(34)36(41,42)43;/h3-15,18-19H,1-2H3;/q-2;+2. The molecule has 3 aromatic heterocycles. The van der Waals surface area contributed by atoms with Gasteiger partial charge in [0, 0.05) is 46.4 Å². The molecule has 13 heteroatoms. The van der Waals surface area contributed by atoms with Crippen molar-refractivity contribution in [2.45, 2.75) is 26.2 Å². The topological polar surface area (TPSA) is 44.9 Å². The Morgan fingerprint density at radius 2 is 1.47 bits per heavy atom. The first-order valence-electron chi connectivity index (χ1n) is 14.4. The SMILES string of the molecule is Cc1ccnc(-n2c3[c-]c(Oc4[c-]c(-n5cc(-c6c(C(F)(F)F)cc(C)cc6C(F)(F)F)cn5)cc(F)c4)ccc3c3ccccc32)c1.[Pt+2]. The van der Waals surface area contributed by atoms with Crippen LogP contribution in [0.1, 0.15) is 22.3 Å². The Kier molecular flexibility index (Phi) is 8.65. The third-order valence-corrected chi connectivity index (χ3v) is 7.71. The maximum absolute atomic E-state index is 14.9. The van der Waals surface area contributed by atoms with Crippen molar-refractivity contribution in [3.05, 3.63) is 132 Å². The summed E-state index contributed by atoms with van der Waals surface area (Å²) in [4.78, 5) is 4.53. The molecule has 0 amide bonds. The summed E-state index contributed by atoms with van der Waals surface area (Å²) in [6.07, 6.45) is -6.67. The molecular formula is C36H21F7N4OPt. The molecule has 0 N–H and O–H groups in total. The van der Waals surface area contributed by atoms with Crippen molar-refractivity contribution in [1.29, 1.82) is 0 Å². The molecule has 0 aliphatic heterocycles. The Morgan fingerprint density at radius 1 is 0.755 bits per heavy atom. The zero-order valence-corrected chi connectivity index (χ0v) is 27.6. The van der Waals surface area contributed by atoms with E-state index >= 15 is 0 Å². The van der Waals surface area contributed by atoms with Crippen LogP contribution in [-0.4, -0.2) is 19.3 Å². The van der Waals surface area contributed by atoms with Gasteiger partial charge >= 0.3 is 33.4 Å². The monoisotopic (exact) mass is 853 g/mol. The average Bonchev–Trinajstić information content (AvgIpc) is 3.63. The first-order chi connectivity index (χ1) is 22.8. The summed E-state index contributed by atoms with van der Waals surface area (Å²) in [6, 6.07) is 24.3. The molecule has 7 rings (SSSR count). The minimum absolute atomic E-state index is 0. The van der Waals surface area contributed by atoms with Crippen molar-refractivity contribution < 1.29 is 56.5 Å². The van der Waals surface area contributed by atoms with Crippen LogP contribution in [0.3, 0.4) is 0 Å². The Labute approximate surface area is 288 Å². The summed E-state index contributed by atoms with van der Waals surface area (Å²) in [5.74, 6) is -0.0920. The van der Waals surface area contributed by atoms with E-state index in [9.17, 15) is 30.7 Å². The molecule has 0 aliphatic carbocycles. The summed E-state index contributed by atoms with van der Waals surface area (Å²) < 4.78 is 107. The van der Waals surface area contributed by atoms with Gasteiger partial charge < -0.3 is 9.30 Å². The zero-order chi connectivity index (χ0) is 34.0. The van der Waals surface area contributed by atoms with Gasteiger partial charge in [-0.25, -0.2) is 9.37 Å². The number of rotatable bonds is 5. The smallest absolute Gasteiger partial charge is 0.509 e. The number of benzene rings is 4. The molecule has 0 unspecified atom stereocenters. The summed E-state index contributed by atoms with van der Waals surface area (Å²) in [6.45, 7) is 3.09. The predicted octanol–water partition coefficient (Wildman–Crippen LogP) is 10.2. The van der Waals surface area contributed by atoms with Gasteiger partial charge in [0.2, 0.25) is 0 Å². The molecule has 5 nitrogen and oxygen atoms in total. The summed E-state index contributed by atoms with van der Waals surface area (Å²) in [7, 11) is 0. The van der Waals surface area contributed by atoms with Crippen molar-refractivity contribution in [2.24, 2.45) is 0 Å². The largest absolute Gasteiger partial charge is 2.00 e. The van der Waals surface area contributed by atoms with E-state index in [1.165, 1.54) is 0 Å². The van der Waals surface area contributed by atoms with Crippen LogP contribution in [0.2, 0.25) is 0 Å². The molecule has 0 aliphatic rings. The van der Waals surface area contributed by atoms with E-state index in [1.807, 2.05) is 54.0 Å². The van der Waals surface area contributed by atoms with Crippen molar-refractivity contribution >= 4 is 21.8 Å². The quantitative estimate of drug-likeness (QED) is 0.128. The van der Waals surface area contributed by atoms with Crippen LogP contribution in [0.5, 0.6) is 11.5 Å². The number of para-hydroxylation sites is 1. The fourth-order valence-corrected chi connectivity index (χ4v) is 5.74. The normalized spacial score (nSPS) is 12.0. The van der Waals surface area contributed by atoms with E-state index in [2.05, 4.69) is 22.2 Å². The Balaban J connectivity index is 0.00000417. The second-order valence-electron chi connectivity index (χ2n) is 11.2. The molecule has 0 radical (unpaired) electrons. The minimum atomic E-state index is -5.09. The number of aromatic nitrogens is 4. The van der Waals surface area contributed by atoms with Gasteiger partial charge in [-0.1, -0.05) is 29.8 Å². The molecule has 0 fully saturated rings. The minimum Gasteiger partial charge on any atom is -0.509 e. The molecule has 0 saturated carbocycles. The van der Waals surface area contributed by atoms with Crippen molar-refractivity contribution in [3.63, 3.8) is 0 Å². The van der Waals surface area contributed by atoms with Crippen molar-refractivity contribution in [3.8, 4) is 34.1 Å². The van der Waals surface area contributed by atoms with Crippen LogP contribution >= 0.6 is 0 Å². The molecule has 0 bridgehead atoms. The molecule has 4 aromatic carbocycles. The maximum atomic E-state index is 14.9. The summed E-state index contributed by atoms with van der Waals surface area (Å²) in [5.41, 5.74) is -2.30. The fraction of sp³-hybridized carbons (Fsp3) is 0.111. The predicted molar refractivity (Wildman–Crippen MR) is 165 cm³/mol. The van der Waals surface area contributed by atoms with Crippen LogP contribution in [0.15, 0.2) is 91.4 Å². The van der Waals surface area contributed by atoms with E-state index in [0.29, 0.717) is 23.5 Å². The van der Waals surface area contributed by atoms with Gasteiger partial charge in [-0.3, -0.25) is 4.68 Å². The van der Waals surface area contributed by atoms with Crippen LogP contribution < -0.4 is 4.74 Å². The van der Waals surface area contributed by atoms with Gasteiger partial charge in [0.05, 0.1) is 17.3 Å². The van der Waals surface area contributed by atoms with E-state index in [0.717, 1.165) is 58.0 Å². The number of ether oxygens (including phenoxy) is 1. The van der Waals surface area contributed by atoms with Gasteiger partial charge in [0.1, 0.15) is 5.82 Å². The Bertz CT molecular complexity index is 2320. The maximum Gasteiger partial charge on any atom is 2.00 e. The number of alkyl halides is 6. The van der Waals surface area contributed by atoms with E-state index in [1.54, 1.807) is 12.3 Å². The zero-order valence-electron chi connectivity index (χ0n) is 25.3. The molecule has 250 valence electrons. The first kappa shape index (κ1) is 33.9. The van der Waals surface area contributed by atoms with Crippen LogP contribution in [0, 0.1) is 31.8 Å². The number of pyridine rings is 1. The first-order valence-corrected chi connectivity index (χ1v) is 14.4. The van der Waals surface area contributed by atoms with Gasteiger partial charge in [-0.15, -0.1) is 29.7 Å². The number of halogens is 7. The third-order valence-electron chi connectivity index (χ3n) is 7.71. The summed E-state index contributed by atoms with van der Waals surface area (Å²) >= 11 is 0. The molecular weight excluding hydrogens is 832 g/mol. The molecule has 0 atom stereocenters. The molecule has 49 heavy (non-hydrogen) atoms. The third kappa shape index (κ3) is 6.45. The summed E-state index contributed by atoms with van der Waals surface area (Å²) in [5, 5.41) is 5.76. The van der Waals surface area contributed by atoms with Gasteiger partial charge in [-0.05, 0) is 66.4 Å². The number of aryl methyl sites for hydroxylation is 2. The number of nitrogens with zero attached hydrogens (tertiary/aromatic N) is 4. The number of hydrogen-bond donors (Lipinski definition) is 0. The van der Waals surface area contributed by atoms with Gasteiger partial charge in [0.25, 0.3) is 0 Å². The second-order valence-corrected chi connectivity index (χ2v) is 11.2. The van der Waals surface area contributed by atoms with Crippen molar-refractivity contribution in [2.75, 3.05) is 0 Å². The second kappa shape index (κ2) is 12.5. The molecule has 3 heterocycles. The van der Waals surface area contributed by atoms with Gasteiger partial charge in [-0.2, -0.15) is 37.5 Å². The average molecular weight is 854 g/mol. The van der Waals surface area contributed by atoms with Crippen LogP contribution in [-0.2, 0) is 33.4 Å². The number of hydrogen-bond acceptors (Lipinski definition) is 3. The number of fused-ring (bicyclic) bond motifs is 3. The van der Waals surface area contributed by atoms with Gasteiger partial charge in [0.15, 0.2) is 0 Å². The Morgan fingerprint density at radius 3 is 2.16 bits per heavy atom. The molecule has 0 saturated heterocycles. The van der Waals surface area contributed by atoms with E-state index in [4.69, 9.17) is 4.74 Å². The van der Waals surface area contributed by atoms with Crippen molar-refractivity contribution in [1.82, 2.24) is 19.3 Å². The molecule has 0 spiro atoms. The van der Waals surface area contributed by atoms with Crippen LogP contribution in [0.25, 0.3) is 44.4 Å². The van der Waals surface area contributed by atoms with Crippen LogP contribution in [0.4, 0.5) is 30.7 Å².